The summed E-state index contributed by atoms with van der Waals surface area (Å²) in [4.78, 5) is 39.9. The number of amides is 3. The lowest BCUT2D eigenvalue weighted by Crippen LogP contribution is -2.41. The Hall–Kier alpha value is -1.84. The van der Waals surface area contributed by atoms with Gasteiger partial charge in [-0.15, -0.1) is 0 Å². The number of carbonyl (C=O) groups excluding carboxylic acids is 3. The van der Waals surface area contributed by atoms with Gasteiger partial charge in [0.05, 0.1) is 34.0 Å². The fraction of sp³-hybridized carbons (Fsp3) is 0.500. The number of sulfone groups is 1. The molecule has 1 aromatic rings. The predicted octanol–water partition coefficient (Wildman–Crippen LogP) is 1.43. The van der Waals surface area contributed by atoms with Crippen LogP contribution in [0.5, 0.6) is 0 Å². The van der Waals surface area contributed by atoms with Crippen LogP contribution in [-0.4, -0.2) is 73.6 Å². The van der Waals surface area contributed by atoms with Gasteiger partial charge in [-0.3, -0.25) is 14.4 Å². The zero-order valence-corrected chi connectivity index (χ0v) is 18.1. The number of benzene rings is 1. The Morgan fingerprint density at radius 2 is 2.00 bits per heavy atom. The summed E-state index contributed by atoms with van der Waals surface area (Å²) in [5, 5.41) is 3.30. The highest BCUT2D eigenvalue weighted by Gasteiger charge is 2.42. The van der Waals surface area contributed by atoms with Crippen LogP contribution in [0.2, 0.25) is 10.0 Å². The lowest BCUT2D eigenvalue weighted by Gasteiger charge is -2.24. The van der Waals surface area contributed by atoms with Gasteiger partial charge < -0.3 is 15.1 Å². The molecule has 2 heterocycles. The number of carbonyl (C=O) groups is 3. The van der Waals surface area contributed by atoms with Crippen molar-refractivity contribution in [2.75, 3.05) is 37.0 Å². The molecule has 0 bridgehead atoms. The highest BCUT2D eigenvalue weighted by Crippen LogP contribution is 2.27. The number of hydrogen-bond acceptors (Lipinski definition) is 5. The van der Waals surface area contributed by atoms with Gasteiger partial charge in [0, 0.05) is 31.7 Å². The molecule has 158 valence electrons. The van der Waals surface area contributed by atoms with E-state index in [4.69, 9.17) is 23.2 Å². The second-order valence-corrected chi connectivity index (χ2v) is 10.4. The van der Waals surface area contributed by atoms with Crippen molar-refractivity contribution in [1.82, 2.24) is 9.80 Å². The van der Waals surface area contributed by atoms with E-state index in [9.17, 15) is 22.8 Å². The maximum Gasteiger partial charge on any atom is 0.243 e. The van der Waals surface area contributed by atoms with Crippen LogP contribution in [0.15, 0.2) is 18.2 Å². The van der Waals surface area contributed by atoms with Crippen LogP contribution in [0.4, 0.5) is 5.69 Å². The van der Waals surface area contributed by atoms with Gasteiger partial charge in [0.25, 0.3) is 0 Å². The minimum Gasteiger partial charge on any atom is -0.338 e. The maximum absolute atomic E-state index is 12.7. The summed E-state index contributed by atoms with van der Waals surface area (Å²) in [6.45, 7) is -0.0157. The Bertz CT molecular complexity index is 953. The van der Waals surface area contributed by atoms with Crippen molar-refractivity contribution in [1.29, 1.82) is 0 Å². The molecule has 0 aliphatic carbocycles. The summed E-state index contributed by atoms with van der Waals surface area (Å²) in [7, 11) is -1.63. The Labute approximate surface area is 179 Å². The lowest BCUT2D eigenvalue weighted by molar-refractivity contribution is -0.137. The fourth-order valence-corrected chi connectivity index (χ4v) is 5.68. The number of nitrogens with one attached hydrogen (secondary N) is 1. The van der Waals surface area contributed by atoms with E-state index >= 15 is 0 Å². The molecular formula is C18H21Cl2N3O5S. The third kappa shape index (κ3) is 5.21. The van der Waals surface area contributed by atoms with Gasteiger partial charge in [-0.25, -0.2) is 8.42 Å². The zero-order valence-electron chi connectivity index (χ0n) is 15.7. The molecule has 2 atom stereocenters. The zero-order chi connectivity index (χ0) is 21.3. The van der Waals surface area contributed by atoms with Gasteiger partial charge in [-0.2, -0.15) is 0 Å². The molecule has 8 nitrogen and oxygen atoms in total. The molecule has 1 aromatic carbocycles. The van der Waals surface area contributed by atoms with Gasteiger partial charge in [0.1, 0.15) is 0 Å². The number of hydrogen-bond donors (Lipinski definition) is 1. The van der Waals surface area contributed by atoms with E-state index in [1.54, 1.807) is 12.1 Å². The smallest absolute Gasteiger partial charge is 0.243 e. The molecule has 0 radical (unpaired) electrons. The average Bonchev–Trinajstić information content (AvgIpc) is 3.19. The molecule has 2 aliphatic rings. The molecule has 2 saturated heterocycles. The van der Waals surface area contributed by atoms with Crippen molar-refractivity contribution < 1.29 is 22.8 Å². The van der Waals surface area contributed by atoms with E-state index in [1.807, 2.05) is 0 Å². The molecule has 3 amide bonds. The Kier molecular flexibility index (Phi) is 6.40. The summed E-state index contributed by atoms with van der Waals surface area (Å²) in [6, 6.07) is 4.29. The van der Waals surface area contributed by atoms with Crippen molar-refractivity contribution in [3.63, 3.8) is 0 Å². The van der Waals surface area contributed by atoms with Crippen molar-refractivity contribution in [2.24, 2.45) is 5.92 Å². The molecule has 2 aliphatic heterocycles. The average molecular weight is 462 g/mol. The van der Waals surface area contributed by atoms with Crippen LogP contribution in [0.3, 0.4) is 0 Å². The summed E-state index contributed by atoms with van der Waals surface area (Å²) in [6.07, 6.45) is 0.422. The topological polar surface area (TPSA) is 104 Å². The van der Waals surface area contributed by atoms with Gasteiger partial charge in [0.15, 0.2) is 9.84 Å². The van der Waals surface area contributed by atoms with E-state index in [2.05, 4.69) is 5.32 Å². The number of likely N-dealkylation sites (tertiary alicyclic amines) is 1. The molecule has 2 fully saturated rings. The molecule has 1 N–H and O–H groups in total. The van der Waals surface area contributed by atoms with E-state index in [-0.39, 0.29) is 48.9 Å². The summed E-state index contributed by atoms with van der Waals surface area (Å²) >= 11 is 11.8. The highest BCUT2D eigenvalue weighted by atomic mass is 35.5. The molecule has 2 unspecified atom stereocenters. The van der Waals surface area contributed by atoms with Gasteiger partial charge in [0.2, 0.25) is 17.7 Å². The van der Waals surface area contributed by atoms with E-state index < -0.39 is 21.7 Å². The normalized spacial score (nSPS) is 23.3. The third-order valence-corrected chi connectivity index (χ3v) is 7.61. The second-order valence-electron chi connectivity index (χ2n) is 7.38. The van der Waals surface area contributed by atoms with Crippen molar-refractivity contribution in [3.05, 3.63) is 28.2 Å². The van der Waals surface area contributed by atoms with Gasteiger partial charge in [-0.05, 0) is 24.6 Å². The third-order valence-electron chi connectivity index (χ3n) is 5.12. The van der Waals surface area contributed by atoms with E-state index in [0.717, 1.165) is 0 Å². The van der Waals surface area contributed by atoms with Crippen LogP contribution in [0, 0.1) is 5.92 Å². The second kappa shape index (κ2) is 8.49. The number of likely N-dealkylation sites (N-methyl/N-ethyl adjacent to an activating group) is 1. The monoisotopic (exact) mass is 461 g/mol. The molecule has 29 heavy (non-hydrogen) atoms. The van der Waals surface area contributed by atoms with Crippen LogP contribution >= 0.6 is 23.2 Å². The quantitative estimate of drug-likeness (QED) is 0.713. The van der Waals surface area contributed by atoms with Gasteiger partial charge in [-0.1, -0.05) is 23.2 Å². The Balaban J connectivity index is 1.55. The van der Waals surface area contributed by atoms with Crippen molar-refractivity contribution >= 4 is 56.4 Å². The lowest BCUT2D eigenvalue weighted by atomic mass is 10.1. The number of rotatable bonds is 5. The fourth-order valence-electron chi connectivity index (χ4n) is 3.65. The Morgan fingerprint density at radius 1 is 1.28 bits per heavy atom. The summed E-state index contributed by atoms with van der Waals surface area (Å²) < 4.78 is 23.3. The highest BCUT2D eigenvalue weighted by molar-refractivity contribution is 7.91. The van der Waals surface area contributed by atoms with Gasteiger partial charge >= 0.3 is 0 Å². The van der Waals surface area contributed by atoms with Crippen LogP contribution in [0.25, 0.3) is 0 Å². The van der Waals surface area contributed by atoms with Crippen molar-refractivity contribution in [2.45, 2.75) is 18.9 Å². The first-order valence-corrected chi connectivity index (χ1v) is 11.6. The molecule has 0 aromatic heterocycles. The molecular weight excluding hydrogens is 441 g/mol. The standard InChI is InChI=1S/C18H21Cl2N3O5S/c1-22(9-16(24)21-12-2-3-14(19)15(20)7-12)18(26)11-6-17(25)23(8-11)13-4-5-29(27,28)10-13/h2-3,7,11,13H,4-6,8-10H2,1H3,(H,21,24). The Morgan fingerprint density at radius 3 is 2.62 bits per heavy atom. The number of halogens is 2. The first-order valence-electron chi connectivity index (χ1n) is 9.05. The first kappa shape index (κ1) is 21.9. The number of anilines is 1. The first-order chi connectivity index (χ1) is 13.6. The van der Waals surface area contributed by atoms with Crippen LogP contribution in [0.1, 0.15) is 12.8 Å². The minimum absolute atomic E-state index is 0.0220. The van der Waals surface area contributed by atoms with E-state index in [1.165, 1.54) is 22.9 Å². The molecule has 11 heteroatoms. The molecule has 0 spiro atoms. The number of nitrogens with zero attached hydrogens (tertiary/aromatic N) is 2. The largest absolute Gasteiger partial charge is 0.338 e. The summed E-state index contributed by atoms with van der Waals surface area (Å²) in [5.74, 6) is -1.54. The summed E-state index contributed by atoms with van der Waals surface area (Å²) in [5.41, 5.74) is 0.454. The molecule has 3 rings (SSSR count). The van der Waals surface area contributed by atoms with E-state index in [0.29, 0.717) is 22.2 Å². The van der Waals surface area contributed by atoms with Crippen molar-refractivity contribution in [3.8, 4) is 0 Å². The molecule has 0 saturated carbocycles. The maximum atomic E-state index is 12.7. The van der Waals surface area contributed by atoms with Crippen LogP contribution in [-0.2, 0) is 24.2 Å². The predicted molar refractivity (Wildman–Crippen MR) is 110 cm³/mol. The SMILES string of the molecule is CN(CC(=O)Nc1ccc(Cl)c(Cl)c1)C(=O)C1CC(=O)N(C2CCS(=O)(=O)C2)C1. The minimum atomic E-state index is -3.12. The van der Waals surface area contributed by atoms with Crippen LogP contribution < -0.4 is 5.32 Å².